The fourth-order valence-electron chi connectivity index (χ4n) is 1.34. The van der Waals surface area contributed by atoms with Crippen molar-refractivity contribution in [3.8, 4) is 0 Å². The average Bonchev–Trinajstić information content (AvgIpc) is 2.18. The Morgan fingerprint density at radius 2 is 2.40 bits per heavy atom. The molecule has 82 valence electrons. The maximum Gasteiger partial charge on any atom is 0.304 e. The van der Waals surface area contributed by atoms with E-state index in [1.165, 1.54) is 0 Å². The zero-order chi connectivity index (χ0) is 11.3. The third-order valence-electron chi connectivity index (χ3n) is 2.38. The van der Waals surface area contributed by atoms with Crippen LogP contribution >= 0.6 is 0 Å². The molecule has 1 aromatic heterocycles. The molecule has 0 saturated heterocycles. The summed E-state index contributed by atoms with van der Waals surface area (Å²) in [6.07, 6.45) is 3.69. The van der Waals surface area contributed by atoms with Gasteiger partial charge in [0.1, 0.15) is 0 Å². The molecule has 15 heavy (non-hydrogen) atoms. The molecule has 0 aromatic carbocycles. The van der Waals surface area contributed by atoms with Crippen molar-refractivity contribution in [3.05, 3.63) is 30.1 Å². The van der Waals surface area contributed by atoms with Crippen LogP contribution in [-0.4, -0.2) is 34.0 Å². The second kappa shape index (κ2) is 5.46. The summed E-state index contributed by atoms with van der Waals surface area (Å²) in [5.41, 5.74) is 1.09. The number of aromatic nitrogens is 1. The molecule has 0 spiro atoms. The highest BCUT2D eigenvalue weighted by Gasteiger charge is 2.12. The number of carbonyl (C=O) groups is 1. The minimum atomic E-state index is -0.763. The monoisotopic (exact) mass is 208 g/mol. The summed E-state index contributed by atoms with van der Waals surface area (Å²) in [6.45, 7) is 2.63. The summed E-state index contributed by atoms with van der Waals surface area (Å²) in [5, 5.41) is 8.66. The van der Waals surface area contributed by atoms with Gasteiger partial charge in [-0.05, 0) is 25.6 Å². The van der Waals surface area contributed by atoms with Gasteiger partial charge in [-0.3, -0.25) is 14.7 Å². The molecule has 4 heteroatoms. The van der Waals surface area contributed by atoms with Crippen molar-refractivity contribution in [2.75, 3.05) is 7.05 Å². The second-order valence-electron chi connectivity index (χ2n) is 3.72. The van der Waals surface area contributed by atoms with Gasteiger partial charge in [0.25, 0.3) is 0 Å². The van der Waals surface area contributed by atoms with E-state index in [1.54, 1.807) is 12.4 Å². The zero-order valence-electron chi connectivity index (χ0n) is 9.05. The molecular formula is C11H16N2O2. The molecule has 0 aliphatic carbocycles. The van der Waals surface area contributed by atoms with Crippen LogP contribution in [0.1, 0.15) is 18.9 Å². The van der Waals surface area contributed by atoms with Gasteiger partial charge < -0.3 is 5.11 Å². The number of hydrogen-bond acceptors (Lipinski definition) is 3. The molecule has 1 aromatic rings. The van der Waals surface area contributed by atoms with Crippen LogP contribution in [0.25, 0.3) is 0 Å². The van der Waals surface area contributed by atoms with Crippen LogP contribution in [0.15, 0.2) is 24.5 Å². The van der Waals surface area contributed by atoms with Crippen molar-refractivity contribution in [3.63, 3.8) is 0 Å². The predicted molar refractivity (Wildman–Crippen MR) is 57.4 cm³/mol. The summed E-state index contributed by atoms with van der Waals surface area (Å²) < 4.78 is 0. The van der Waals surface area contributed by atoms with E-state index in [4.69, 9.17) is 5.11 Å². The second-order valence-corrected chi connectivity index (χ2v) is 3.72. The molecule has 0 aliphatic rings. The molecule has 1 atom stereocenters. The van der Waals surface area contributed by atoms with Gasteiger partial charge in [0.2, 0.25) is 0 Å². The van der Waals surface area contributed by atoms with Gasteiger partial charge in [0, 0.05) is 25.0 Å². The first-order valence-electron chi connectivity index (χ1n) is 4.90. The molecular weight excluding hydrogens is 192 g/mol. The standard InChI is InChI=1S/C11H16N2O2/c1-9(6-11(14)15)13(2)8-10-4-3-5-12-7-10/h3-5,7,9H,6,8H2,1-2H3,(H,14,15). The molecule has 0 radical (unpaired) electrons. The lowest BCUT2D eigenvalue weighted by molar-refractivity contribution is -0.138. The van der Waals surface area contributed by atoms with Crippen molar-refractivity contribution in [2.45, 2.75) is 25.9 Å². The summed E-state index contributed by atoms with van der Waals surface area (Å²) >= 11 is 0. The normalized spacial score (nSPS) is 12.7. The lowest BCUT2D eigenvalue weighted by atomic mass is 10.2. The number of nitrogens with zero attached hydrogens (tertiary/aromatic N) is 2. The molecule has 1 unspecified atom stereocenters. The average molecular weight is 208 g/mol. The molecule has 1 heterocycles. The Bertz CT molecular complexity index is 314. The Hall–Kier alpha value is -1.42. The van der Waals surface area contributed by atoms with Crippen LogP contribution in [0, 0.1) is 0 Å². The fourth-order valence-corrected chi connectivity index (χ4v) is 1.34. The summed E-state index contributed by atoms with van der Waals surface area (Å²) in [6, 6.07) is 3.89. The van der Waals surface area contributed by atoms with Crippen molar-refractivity contribution >= 4 is 5.97 Å². The highest BCUT2D eigenvalue weighted by atomic mass is 16.4. The summed E-state index contributed by atoms with van der Waals surface area (Å²) in [7, 11) is 1.92. The van der Waals surface area contributed by atoms with E-state index in [9.17, 15) is 4.79 Å². The van der Waals surface area contributed by atoms with Gasteiger partial charge >= 0.3 is 5.97 Å². The zero-order valence-corrected chi connectivity index (χ0v) is 9.05. The number of carboxylic acids is 1. The largest absolute Gasteiger partial charge is 0.481 e. The smallest absolute Gasteiger partial charge is 0.304 e. The predicted octanol–water partition coefficient (Wildman–Crippen LogP) is 1.38. The third-order valence-corrected chi connectivity index (χ3v) is 2.38. The number of carboxylic acid groups (broad SMARTS) is 1. The summed E-state index contributed by atoms with van der Waals surface area (Å²) in [5.74, 6) is -0.763. The van der Waals surface area contributed by atoms with Gasteiger partial charge in [0.15, 0.2) is 0 Å². The Labute approximate surface area is 89.6 Å². The first-order chi connectivity index (χ1) is 7.09. The molecule has 0 fully saturated rings. The van der Waals surface area contributed by atoms with Crippen LogP contribution in [-0.2, 0) is 11.3 Å². The van der Waals surface area contributed by atoms with Gasteiger partial charge in [-0.2, -0.15) is 0 Å². The minimum absolute atomic E-state index is 0.0303. The van der Waals surface area contributed by atoms with Gasteiger partial charge in [0.05, 0.1) is 6.42 Å². The van der Waals surface area contributed by atoms with Crippen LogP contribution in [0.2, 0.25) is 0 Å². The fraction of sp³-hybridized carbons (Fsp3) is 0.455. The van der Waals surface area contributed by atoms with Crippen LogP contribution in [0.3, 0.4) is 0 Å². The number of aliphatic carboxylic acids is 1. The quantitative estimate of drug-likeness (QED) is 0.794. The first-order valence-corrected chi connectivity index (χ1v) is 4.90. The number of rotatable bonds is 5. The lowest BCUT2D eigenvalue weighted by Gasteiger charge is -2.23. The summed E-state index contributed by atoms with van der Waals surface area (Å²) in [4.78, 5) is 16.5. The SMILES string of the molecule is CC(CC(=O)O)N(C)Cc1cccnc1. The van der Waals surface area contributed by atoms with Crippen LogP contribution < -0.4 is 0 Å². The van der Waals surface area contributed by atoms with Crippen LogP contribution in [0.4, 0.5) is 0 Å². The number of hydrogen-bond donors (Lipinski definition) is 1. The molecule has 0 amide bonds. The Morgan fingerprint density at radius 1 is 1.67 bits per heavy atom. The van der Waals surface area contributed by atoms with E-state index in [0.29, 0.717) is 0 Å². The molecule has 1 N–H and O–H groups in total. The minimum Gasteiger partial charge on any atom is -0.481 e. The van der Waals surface area contributed by atoms with E-state index < -0.39 is 5.97 Å². The highest BCUT2D eigenvalue weighted by molar-refractivity contribution is 5.67. The van der Waals surface area contributed by atoms with E-state index in [2.05, 4.69) is 4.98 Å². The highest BCUT2D eigenvalue weighted by Crippen LogP contribution is 2.07. The van der Waals surface area contributed by atoms with Gasteiger partial charge in [-0.15, -0.1) is 0 Å². The molecule has 0 aliphatic heterocycles. The third kappa shape index (κ3) is 4.08. The number of pyridine rings is 1. The molecule has 4 nitrogen and oxygen atoms in total. The Morgan fingerprint density at radius 3 is 2.93 bits per heavy atom. The molecule has 1 rings (SSSR count). The van der Waals surface area contributed by atoms with E-state index in [0.717, 1.165) is 12.1 Å². The Kier molecular flexibility index (Phi) is 4.24. The van der Waals surface area contributed by atoms with Crippen molar-refractivity contribution in [2.24, 2.45) is 0 Å². The first kappa shape index (κ1) is 11.7. The van der Waals surface area contributed by atoms with E-state index >= 15 is 0 Å². The Balaban J connectivity index is 2.48. The maximum atomic E-state index is 10.5. The molecule has 0 bridgehead atoms. The van der Waals surface area contributed by atoms with E-state index in [1.807, 2.05) is 31.0 Å². The van der Waals surface area contributed by atoms with Crippen molar-refractivity contribution < 1.29 is 9.90 Å². The van der Waals surface area contributed by atoms with Gasteiger partial charge in [-0.25, -0.2) is 0 Å². The lowest BCUT2D eigenvalue weighted by Crippen LogP contribution is -2.30. The maximum absolute atomic E-state index is 10.5. The van der Waals surface area contributed by atoms with E-state index in [-0.39, 0.29) is 12.5 Å². The molecule has 0 saturated carbocycles. The topological polar surface area (TPSA) is 53.4 Å². The van der Waals surface area contributed by atoms with Gasteiger partial charge in [-0.1, -0.05) is 6.07 Å². The van der Waals surface area contributed by atoms with Crippen molar-refractivity contribution in [1.29, 1.82) is 0 Å². The van der Waals surface area contributed by atoms with Crippen LogP contribution in [0.5, 0.6) is 0 Å². The van der Waals surface area contributed by atoms with Crippen molar-refractivity contribution in [1.82, 2.24) is 9.88 Å².